The van der Waals surface area contributed by atoms with E-state index in [2.05, 4.69) is 15.3 Å². The fourth-order valence-corrected chi connectivity index (χ4v) is 6.75. The van der Waals surface area contributed by atoms with Gasteiger partial charge < -0.3 is 21.0 Å². The summed E-state index contributed by atoms with van der Waals surface area (Å²) in [6.45, 7) is 0. The third kappa shape index (κ3) is 5.64. The summed E-state index contributed by atoms with van der Waals surface area (Å²) in [5.41, 5.74) is 7.81. The van der Waals surface area contributed by atoms with Crippen molar-refractivity contribution in [2.24, 2.45) is 0 Å². The first-order valence-electron chi connectivity index (χ1n) is 9.65. The Labute approximate surface area is 234 Å². The molecule has 1 saturated heterocycles. The van der Waals surface area contributed by atoms with E-state index in [0.29, 0.717) is 28.5 Å². The van der Waals surface area contributed by atoms with Gasteiger partial charge in [-0.2, -0.15) is 0 Å². The van der Waals surface area contributed by atoms with Gasteiger partial charge in [0.15, 0.2) is 5.13 Å². The molecule has 2 atom stereocenters. The molecule has 4 rings (SSSR count). The number of nitrogens with one attached hydrogen (secondary N) is 1. The van der Waals surface area contributed by atoms with Crippen LogP contribution in [0.5, 0.6) is 0 Å². The molecule has 2 amide bonds. The van der Waals surface area contributed by atoms with Crippen LogP contribution in [0.1, 0.15) is 11.4 Å². The molecular formula is C20H17ClN5NaO4S3. The van der Waals surface area contributed by atoms with E-state index in [1.165, 1.54) is 28.4 Å². The number of carboxylic acids is 1. The van der Waals surface area contributed by atoms with Crippen LogP contribution in [0, 0.1) is 0 Å². The van der Waals surface area contributed by atoms with Crippen molar-refractivity contribution in [3.63, 3.8) is 0 Å². The van der Waals surface area contributed by atoms with Gasteiger partial charge in [0.1, 0.15) is 11.4 Å². The summed E-state index contributed by atoms with van der Waals surface area (Å²) in [7, 11) is 0. The molecule has 0 aliphatic carbocycles. The molecule has 0 aromatic carbocycles. The molecule has 34 heavy (non-hydrogen) atoms. The van der Waals surface area contributed by atoms with Gasteiger partial charge in [0, 0.05) is 39.2 Å². The van der Waals surface area contributed by atoms with Crippen molar-refractivity contribution in [3.05, 3.63) is 57.3 Å². The molecule has 0 spiro atoms. The summed E-state index contributed by atoms with van der Waals surface area (Å²) in [5.74, 6) is -1.54. The van der Waals surface area contributed by atoms with E-state index in [0.717, 1.165) is 22.6 Å². The minimum absolute atomic E-state index is 0. The Bertz CT molecular complexity index is 1160. The molecule has 4 heterocycles. The fraction of sp³-hybridized carbons (Fsp3) is 0.250. The number of hydrogen-bond acceptors (Lipinski definition) is 10. The maximum absolute atomic E-state index is 12.8. The van der Waals surface area contributed by atoms with Gasteiger partial charge in [-0.1, -0.05) is 17.7 Å². The SMILES string of the molecule is Nc1nc(/C(=C/Cl)C(=O)N[C@@H]2C(=O)N3C(C(=O)[O-])=C(SCCc4ccccn4)CS[C@H]23)cs1.[Na+]. The van der Waals surface area contributed by atoms with Gasteiger partial charge in [0.05, 0.1) is 22.9 Å². The van der Waals surface area contributed by atoms with Gasteiger partial charge in [-0.3, -0.25) is 19.5 Å². The number of fused-ring (bicyclic) bond motifs is 1. The van der Waals surface area contributed by atoms with Crippen LogP contribution in [0.15, 0.2) is 45.9 Å². The number of thioether (sulfide) groups is 2. The maximum Gasteiger partial charge on any atom is 1.00 e. The van der Waals surface area contributed by atoms with Gasteiger partial charge in [-0.25, -0.2) is 4.98 Å². The molecule has 0 saturated carbocycles. The quantitative estimate of drug-likeness (QED) is 0.220. The number of rotatable bonds is 8. The first-order chi connectivity index (χ1) is 15.9. The number of amides is 2. The monoisotopic (exact) mass is 545 g/mol. The Morgan fingerprint density at radius 1 is 1.41 bits per heavy atom. The van der Waals surface area contributed by atoms with Crippen LogP contribution in [0.4, 0.5) is 5.13 Å². The predicted octanol–water partition coefficient (Wildman–Crippen LogP) is -1.96. The number of aryl methyl sites for hydroxylation is 1. The molecular weight excluding hydrogens is 529 g/mol. The fourth-order valence-electron chi connectivity index (χ4n) is 3.37. The first kappa shape index (κ1) is 27.1. The summed E-state index contributed by atoms with van der Waals surface area (Å²) in [5, 5.41) is 15.8. The van der Waals surface area contributed by atoms with E-state index in [1.807, 2.05) is 18.2 Å². The zero-order chi connectivity index (χ0) is 23.5. The Balaban J connectivity index is 0.00000324. The summed E-state index contributed by atoms with van der Waals surface area (Å²) < 4.78 is 0. The Morgan fingerprint density at radius 2 is 2.21 bits per heavy atom. The molecule has 2 aromatic rings. The second-order valence-corrected chi connectivity index (χ2v) is 10.3. The third-order valence-corrected chi connectivity index (χ3v) is 8.37. The zero-order valence-electron chi connectivity index (χ0n) is 17.9. The summed E-state index contributed by atoms with van der Waals surface area (Å²) in [6.07, 6.45) is 2.36. The minimum atomic E-state index is -1.42. The molecule has 2 aliphatic heterocycles. The average Bonchev–Trinajstić information content (AvgIpc) is 3.23. The zero-order valence-corrected chi connectivity index (χ0v) is 23.1. The number of pyridine rings is 1. The van der Waals surface area contributed by atoms with Crippen LogP contribution in [0.25, 0.3) is 5.57 Å². The van der Waals surface area contributed by atoms with E-state index in [1.54, 1.807) is 11.6 Å². The van der Waals surface area contributed by atoms with Gasteiger partial charge in [0.25, 0.3) is 11.8 Å². The second-order valence-electron chi connectivity index (χ2n) is 6.93. The standard InChI is InChI=1S/C20H18ClN5O4S3.Na/c21-7-11(12-8-33-20(22)24-12)16(27)25-14-17(28)26-15(19(29)30)13(9-32-18(14)26)31-6-4-10-3-1-2-5-23-10;/h1-3,5,7-8,14,18H,4,6,9H2,(H2,22,24)(H,25,27)(H,29,30);/q;+1/p-1/b11-7-;/t14-,18-;/m1./s1. The van der Waals surface area contributed by atoms with Crippen molar-refractivity contribution in [2.75, 3.05) is 17.2 Å². The van der Waals surface area contributed by atoms with E-state index in [4.69, 9.17) is 17.3 Å². The number of thiazole rings is 1. The van der Waals surface area contributed by atoms with E-state index >= 15 is 0 Å². The van der Waals surface area contributed by atoms with Gasteiger partial charge in [0.2, 0.25) is 0 Å². The number of hydrogen-bond donors (Lipinski definition) is 2. The minimum Gasteiger partial charge on any atom is -0.543 e. The smallest absolute Gasteiger partial charge is 0.543 e. The van der Waals surface area contributed by atoms with Crippen LogP contribution in [-0.4, -0.2) is 55.6 Å². The molecule has 14 heteroatoms. The topological polar surface area (TPSA) is 141 Å². The van der Waals surface area contributed by atoms with Crippen molar-refractivity contribution in [3.8, 4) is 0 Å². The number of anilines is 1. The Hall–Kier alpha value is -1.54. The number of halogens is 1. The van der Waals surface area contributed by atoms with Crippen molar-refractivity contribution >= 4 is 74.9 Å². The van der Waals surface area contributed by atoms with Crippen molar-refractivity contribution in [1.29, 1.82) is 0 Å². The molecule has 9 nitrogen and oxygen atoms in total. The van der Waals surface area contributed by atoms with Crippen LogP contribution in [0.2, 0.25) is 0 Å². The van der Waals surface area contributed by atoms with E-state index in [-0.39, 0.29) is 46.0 Å². The molecule has 0 radical (unpaired) electrons. The predicted molar refractivity (Wildman–Crippen MR) is 128 cm³/mol. The number of carbonyl (C=O) groups excluding carboxylic acids is 3. The molecule has 2 aromatic heterocycles. The van der Waals surface area contributed by atoms with E-state index < -0.39 is 29.2 Å². The second kappa shape index (κ2) is 11.9. The van der Waals surface area contributed by atoms with Crippen molar-refractivity contribution < 1.29 is 49.0 Å². The van der Waals surface area contributed by atoms with Crippen LogP contribution >= 0.6 is 46.5 Å². The Morgan fingerprint density at radius 3 is 2.82 bits per heavy atom. The van der Waals surface area contributed by atoms with Crippen LogP contribution in [0.3, 0.4) is 0 Å². The molecule has 0 unspecified atom stereocenters. The number of aliphatic carboxylic acids is 1. The molecule has 172 valence electrons. The molecule has 3 N–H and O–H groups in total. The van der Waals surface area contributed by atoms with Crippen LogP contribution in [-0.2, 0) is 20.8 Å². The van der Waals surface area contributed by atoms with Crippen LogP contribution < -0.4 is 45.7 Å². The third-order valence-electron chi connectivity index (χ3n) is 4.93. The summed E-state index contributed by atoms with van der Waals surface area (Å²) in [6, 6.07) is 4.73. The number of carboxylic acid groups (broad SMARTS) is 1. The van der Waals surface area contributed by atoms with Crippen molar-refractivity contribution in [1.82, 2.24) is 20.2 Å². The number of β-lactam (4-membered cyclic amide) rings is 1. The first-order valence-corrected chi connectivity index (χ1v) is 13.0. The number of nitrogens with two attached hydrogens (primary N) is 1. The largest absolute Gasteiger partial charge is 1.00 e. The van der Waals surface area contributed by atoms with E-state index in [9.17, 15) is 19.5 Å². The van der Waals surface area contributed by atoms with Crippen molar-refractivity contribution in [2.45, 2.75) is 17.8 Å². The number of aromatic nitrogens is 2. The van der Waals surface area contributed by atoms with Gasteiger partial charge in [-0.05, 0) is 18.6 Å². The maximum atomic E-state index is 12.8. The summed E-state index contributed by atoms with van der Waals surface area (Å²) >= 11 is 9.70. The Kier molecular flexibility index (Phi) is 9.49. The number of carbonyl (C=O) groups is 3. The average molecular weight is 546 g/mol. The molecule has 1 fully saturated rings. The molecule has 2 aliphatic rings. The normalized spacial score (nSPS) is 19.7. The number of nitrogens with zero attached hydrogens (tertiary/aromatic N) is 3. The number of nitrogen functional groups attached to an aromatic ring is 1. The van der Waals surface area contributed by atoms with Gasteiger partial charge in [-0.15, -0.1) is 34.9 Å². The summed E-state index contributed by atoms with van der Waals surface area (Å²) in [4.78, 5) is 47.4. The molecule has 0 bridgehead atoms. The van der Waals surface area contributed by atoms with Gasteiger partial charge >= 0.3 is 29.6 Å².